The largest absolute Gasteiger partial charge is 0.484 e. The molecule has 1 N–H and O–H groups in total. The molecule has 0 saturated carbocycles. The summed E-state index contributed by atoms with van der Waals surface area (Å²) >= 11 is 0. The van der Waals surface area contributed by atoms with Gasteiger partial charge in [-0.2, -0.15) is 5.26 Å². The lowest BCUT2D eigenvalue weighted by Gasteiger charge is -2.27. The molecular formula is C17H22N2O4. The molecule has 23 heavy (non-hydrogen) atoms. The van der Waals surface area contributed by atoms with Crippen LogP contribution < -0.4 is 10.1 Å². The Bertz CT molecular complexity index is 607. The standard InChI is InChI=1S/C17H22N2O4/c1-5-22-16(21)13-7-6-8-14(9-13)23-10-15(20)19-17(4,11-18)12(2)3/h6-9,12H,5,10H2,1-4H3,(H,19,20)/t17-/m0/s1. The number of nitriles is 1. The van der Waals surface area contributed by atoms with Crippen LogP contribution in [0.3, 0.4) is 0 Å². The summed E-state index contributed by atoms with van der Waals surface area (Å²) in [5, 5.41) is 11.8. The van der Waals surface area contributed by atoms with Crippen LogP contribution in [0, 0.1) is 17.2 Å². The molecule has 0 heterocycles. The van der Waals surface area contributed by atoms with E-state index in [9.17, 15) is 14.9 Å². The summed E-state index contributed by atoms with van der Waals surface area (Å²) in [6.45, 7) is 7.14. The monoisotopic (exact) mass is 318 g/mol. The molecule has 6 nitrogen and oxygen atoms in total. The molecule has 1 amide bonds. The first kappa shape index (κ1) is 18.5. The topological polar surface area (TPSA) is 88.4 Å². The Kier molecular flexibility index (Phi) is 6.58. The average Bonchev–Trinajstić information content (AvgIpc) is 2.53. The molecule has 0 aliphatic heterocycles. The van der Waals surface area contributed by atoms with Crippen molar-refractivity contribution in [1.82, 2.24) is 5.32 Å². The lowest BCUT2D eigenvalue weighted by Crippen LogP contribution is -2.50. The van der Waals surface area contributed by atoms with E-state index in [1.54, 1.807) is 32.0 Å². The predicted octanol–water partition coefficient (Wildman–Crippen LogP) is 2.30. The van der Waals surface area contributed by atoms with Crippen LogP contribution in [0.15, 0.2) is 24.3 Å². The minimum atomic E-state index is -0.951. The molecule has 0 radical (unpaired) electrons. The van der Waals surface area contributed by atoms with Crippen LogP contribution in [0.25, 0.3) is 0 Å². The number of carbonyl (C=O) groups excluding carboxylic acids is 2. The Morgan fingerprint density at radius 3 is 2.65 bits per heavy atom. The van der Waals surface area contributed by atoms with Gasteiger partial charge in [-0.1, -0.05) is 19.9 Å². The maximum Gasteiger partial charge on any atom is 0.338 e. The van der Waals surface area contributed by atoms with E-state index in [1.165, 1.54) is 6.07 Å². The molecular weight excluding hydrogens is 296 g/mol. The van der Waals surface area contributed by atoms with Crippen LogP contribution in [0.5, 0.6) is 5.75 Å². The van der Waals surface area contributed by atoms with Gasteiger partial charge in [-0.25, -0.2) is 4.79 Å². The Morgan fingerprint density at radius 1 is 1.39 bits per heavy atom. The van der Waals surface area contributed by atoms with Crippen LogP contribution in [-0.2, 0) is 9.53 Å². The van der Waals surface area contributed by atoms with Crippen molar-refractivity contribution in [1.29, 1.82) is 5.26 Å². The van der Waals surface area contributed by atoms with Gasteiger partial charge in [0.1, 0.15) is 11.3 Å². The number of hydrogen-bond donors (Lipinski definition) is 1. The Labute approximate surface area is 136 Å². The number of esters is 1. The smallest absolute Gasteiger partial charge is 0.338 e. The van der Waals surface area contributed by atoms with Gasteiger partial charge in [-0.15, -0.1) is 0 Å². The van der Waals surface area contributed by atoms with Crippen LogP contribution in [0.2, 0.25) is 0 Å². The highest BCUT2D eigenvalue weighted by molar-refractivity contribution is 5.89. The first-order chi connectivity index (χ1) is 10.8. The van der Waals surface area contributed by atoms with E-state index in [4.69, 9.17) is 9.47 Å². The molecule has 0 bridgehead atoms. The summed E-state index contributed by atoms with van der Waals surface area (Å²) in [7, 11) is 0. The second-order valence-electron chi connectivity index (χ2n) is 5.55. The minimum Gasteiger partial charge on any atom is -0.484 e. The molecule has 1 rings (SSSR count). The quantitative estimate of drug-likeness (QED) is 0.779. The fourth-order valence-electron chi connectivity index (χ4n) is 1.70. The highest BCUT2D eigenvalue weighted by atomic mass is 16.5. The molecule has 1 aromatic rings. The predicted molar refractivity (Wildman–Crippen MR) is 84.9 cm³/mol. The van der Waals surface area contributed by atoms with E-state index in [1.807, 2.05) is 13.8 Å². The van der Waals surface area contributed by atoms with E-state index in [0.717, 1.165) is 0 Å². The third-order valence-electron chi connectivity index (χ3n) is 3.50. The number of benzene rings is 1. The molecule has 6 heteroatoms. The van der Waals surface area contributed by atoms with Gasteiger partial charge in [-0.05, 0) is 38.0 Å². The summed E-state index contributed by atoms with van der Waals surface area (Å²) in [4.78, 5) is 23.6. The number of hydrogen-bond acceptors (Lipinski definition) is 5. The molecule has 0 aliphatic rings. The van der Waals surface area contributed by atoms with E-state index >= 15 is 0 Å². The third kappa shape index (κ3) is 5.29. The van der Waals surface area contributed by atoms with Crippen molar-refractivity contribution in [3.63, 3.8) is 0 Å². The second kappa shape index (κ2) is 8.18. The average molecular weight is 318 g/mol. The lowest BCUT2D eigenvalue weighted by molar-refractivity contribution is -0.124. The van der Waals surface area contributed by atoms with Gasteiger partial charge in [0.15, 0.2) is 6.61 Å². The first-order valence-electron chi connectivity index (χ1n) is 7.44. The summed E-state index contributed by atoms with van der Waals surface area (Å²) in [6, 6.07) is 8.50. The van der Waals surface area contributed by atoms with Crippen molar-refractivity contribution < 1.29 is 19.1 Å². The number of rotatable bonds is 7. The Morgan fingerprint density at radius 2 is 2.09 bits per heavy atom. The molecule has 0 saturated heterocycles. The third-order valence-corrected chi connectivity index (χ3v) is 3.50. The molecule has 1 aromatic carbocycles. The van der Waals surface area contributed by atoms with Gasteiger partial charge in [0.05, 0.1) is 18.2 Å². The highest BCUT2D eigenvalue weighted by Crippen LogP contribution is 2.16. The van der Waals surface area contributed by atoms with Crippen LogP contribution in [-0.4, -0.2) is 30.6 Å². The van der Waals surface area contributed by atoms with Crippen molar-refractivity contribution in [2.24, 2.45) is 5.92 Å². The van der Waals surface area contributed by atoms with Crippen molar-refractivity contribution in [2.45, 2.75) is 33.2 Å². The maximum atomic E-state index is 11.9. The normalized spacial score (nSPS) is 12.9. The van der Waals surface area contributed by atoms with E-state index in [0.29, 0.717) is 11.3 Å². The Balaban J connectivity index is 2.65. The van der Waals surface area contributed by atoms with Crippen molar-refractivity contribution >= 4 is 11.9 Å². The number of amides is 1. The molecule has 124 valence electrons. The second-order valence-corrected chi connectivity index (χ2v) is 5.55. The summed E-state index contributed by atoms with van der Waals surface area (Å²) in [5.41, 5.74) is -0.596. The van der Waals surface area contributed by atoms with Gasteiger partial charge in [0.25, 0.3) is 5.91 Å². The van der Waals surface area contributed by atoms with E-state index in [-0.39, 0.29) is 19.1 Å². The zero-order valence-electron chi connectivity index (χ0n) is 13.9. The van der Waals surface area contributed by atoms with Crippen LogP contribution in [0.4, 0.5) is 0 Å². The number of nitrogens with one attached hydrogen (secondary N) is 1. The van der Waals surface area contributed by atoms with Crippen molar-refractivity contribution in [3.05, 3.63) is 29.8 Å². The fraction of sp³-hybridized carbons (Fsp3) is 0.471. The van der Waals surface area contributed by atoms with Crippen molar-refractivity contribution in [3.8, 4) is 11.8 Å². The van der Waals surface area contributed by atoms with E-state index in [2.05, 4.69) is 11.4 Å². The Hall–Kier alpha value is -2.55. The van der Waals surface area contributed by atoms with Gasteiger partial charge < -0.3 is 14.8 Å². The first-order valence-corrected chi connectivity index (χ1v) is 7.44. The zero-order chi connectivity index (χ0) is 17.5. The molecule has 0 aromatic heterocycles. The number of ether oxygens (including phenoxy) is 2. The van der Waals surface area contributed by atoms with Crippen molar-refractivity contribution in [2.75, 3.05) is 13.2 Å². The van der Waals surface area contributed by atoms with Crippen LogP contribution in [0.1, 0.15) is 38.1 Å². The minimum absolute atomic E-state index is 0.0383. The number of carbonyl (C=O) groups is 2. The summed E-state index contributed by atoms with van der Waals surface area (Å²) in [6.07, 6.45) is 0. The SMILES string of the molecule is CCOC(=O)c1cccc(OCC(=O)N[C@@](C)(C#N)C(C)C)c1. The molecule has 0 spiro atoms. The molecule has 0 aliphatic carbocycles. The molecule has 0 fully saturated rings. The van der Waals surface area contributed by atoms with Gasteiger partial charge in [0, 0.05) is 0 Å². The maximum absolute atomic E-state index is 11.9. The summed E-state index contributed by atoms with van der Waals surface area (Å²) in [5.74, 6) is -0.499. The van der Waals surface area contributed by atoms with Gasteiger partial charge in [0.2, 0.25) is 0 Å². The van der Waals surface area contributed by atoms with Crippen LogP contribution >= 0.6 is 0 Å². The highest BCUT2D eigenvalue weighted by Gasteiger charge is 2.30. The number of nitrogens with zero attached hydrogens (tertiary/aromatic N) is 1. The molecule has 1 atom stereocenters. The molecule has 0 unspecified atom stereocenters. The summed E-state index contributed by atoms with van der Waals surface area (Å²) < 4.78 is 10.3. The fourth-order valence-corrected chi connectivity index (χ4v) is 1.70. The van der Waals surface area contributed by atoms with Gasteiger partial charge >= 0.3 is 5.97 Å². The van der Waals surface area contributed by atoms with Gasteiger partial charge in [-0.3, -0.25) is 4.79 Å². The zero-order valence-corrected chi connectivity index (χ0v) is 13.9. The van der Waals surface area contributed by atoms with E-state index < -0.39 is 17.4 Å². The lowest BCUT2D eigenvalue weighted by atomic mass is 9.90.